The molecule has 3 N–H and O–H groups in total. The summed E-state index contributed by atoms with van der Waals surface area (Å²) in [6.45, 7) is 8.23. The summed E-state index contributed by atoms with van der Waals surface area (Å²) in [5.41, 5.74) is 3.39. The topological polar surface area (TPSA) is 79.2 Å². The van der Waals surface area contributed by atoms with Crippen molar-refractivity contribution in [3.8, 4) is 5.75 Å². The first-order valence-electron chi connectivity index (χ1n) is 8.86. The zero-order valence-electron chi connectivity index (χ0n) is 15.5. The summed E-state index contributed by atoms with van der Waals surface area (Å²) < 4.78 is 11.3. The molecule has 1 aliphatic heterocycles. The molecule has 1 aromatic rings. The first-order valence-corrected chi connectivity index (χ1v) is 8.86. The first kappa shape index (κ1) is 19.9. The average Bonchev–Trinajstić information content (AvgIpc) is 2.55. The molecule has 0 spiro atoms. The van der Waals surface area contributed by atoms with Crippen LogP contribution in [-0.2, 0) is 4.74 Å². The summed E-state index contributed by atoms with van der Waals surface area (Å²) in [5.74, 6) is 0.930. The molecule has 140 valence electrons. The van der Waals surface area contributed by atoms with E-state index < -0.39 is 24.6 Å². The Labute approximate surface area is 149 Å². The first-order chi connectivity index (χ1) is 11.8. The zero-order chi connectivity index (χ0) is 18.6. The Bertz CT molecular complexity index is 594. The molecular weight excluding hydrogens is 320 g/mol. The molecule has 5 atom stereocenters. The molecule has 4 unspecified atom stereocenters. The van der Waals surface area contributed by atoms with Crippen LogP contribution in [0.3, 0.4) is 0 Å². The van der Waals surface area contributed by atoms with Gasteiger partial charge in [0.1, 0.15) is 24.1 Å². The molecule has 0 saturated carbocycles. The van der Waals surface area contributed by atoms with Gasteiger partial charge < -0.3 is 24.8 Å². The van der Waals surface area contributed by atoms with Crippen LogP contribution >= 0.6 is 0 Å². The van der Waals surface area contributed by atoms with Crippen molar-refractivity contribution in [3.05, 3.63) is 41.0 Å². The van der Waals surface area contributed by atoms with Gasteiger partial charge >= 0.3 is 0 Å². The van der Waals surface area contributed by atoms with Crippen LogP contribution in [0.25, 0.3) is 0 Å². The van der Waals surface area contributed by atoms with Crippen molar-refractivity contribution in [3.63, 3.8) is 0 Å². The molecule has 25 heavy (non-hydrogen) atoms. The normalized spacial score (nSPS) is 27.6. The van der Waals surface area contributed by atoms with E-state index in [4.69, 9.17) is 9.47 Å². The van der Waals surface area contributed by atoms with Gasteiger partial charge in [-0.2, -0.15) is 0 Å². The average molecular weight is 350 g/mol. The van der Waals surface area contributed by atoms with E-state index in [1.54, 1.807) is 0 Å². The monoisotopic (exact) mass is 350 g/mol. The zero-order valence-corrected chi connectivity index (χ0v) is 15.5. The Hall–Kier alpha value is -1.40. The second-order valence-electron chi connectivity index (χ2n) is 7.17. The van der Waals surface area contributed by atoms with Crippen molar-refractivity contribution in [1.82, 2.24) is 0 Å². The third kappa shape index (κ3) is 5.28. The number of aryl methyl sites for hydroxylation is 1. The molecule has 1 heterocycles. The standard InChI is InChI=1S/C20H30O5/c1-12(2)6-5-7-14(4)15-9-8-13(3)10-17(15)25-20-19(23)18(22)16(21)11-24-20/h6,8-10,14,16,18-23H,5,7,11H2,1-4H3/t14-,16?,18?,19?,20?/m0/s1. The van der Waals surface area contributed by atoms with E-state index >= 15 is 0 Å². The molecule has 0 radical (unpaired) electrons. The molecule has 1 fully saturated rings. The second-order valence-corrected chi connectivity index (χ2v) is 7.17. The van der Waals surface area contributed by atoms with Crippen LogP contribution in [-0.4, -0.2) is 46.5 Å². The van der Waals surface area contributed by atoms with Crippen LogP contribution in [0.15, 0.2) is 29.8 Å². The van der Waals surface area contributed by atoms with Crippen molar-refractivity contribution in [2.45, 2.75) is 71.1 Å². The van der Waals surface area contributed by atoms with Crippen molar-refractivity contribution in [2.75, 3.05) is 6.61 Å². The van der Waals surface area contributed by atoms with Crippen LogP contribution in [0.2, 0.25) is 0 Å². The number of benzene rings is 1. The van der Waals surface area contributed by atoms with E-state index in [2.05, 4.69) is 26.8 Å². The third-order valence-corrected chi connectivity index (χ3v) is 4.55. The molecule has 1 saturated heterocycles. The highest BCUT2D eigenvalue weighted by Crippen LogP contribution is 2.33. The van der Waals surface area contributed by atoms with Crippen molar-refractivity contribution < 1.29 is 24.8 Å². The maximum atomic E-state index is 10.1. The summed E-state index contributed by atoms with van der Waals surface area (Å²) in [7, 11) is 0. The fourth-order valence-electron chi connectivity index (χ4n) is 2.94. The van der Waals surface area contributed by atoms with Gasteiger partial charge in [0.25, 0.3) is 0 Å². The van der Waals surface area contributed by atoms with E-state index in [9.17, 15) is 15.3 Å². The van der Waals surface area contributed by atoms with Crippen LogP contribution in [0.4, 0.5) is 0 Å². The summed E-state index contributed by atoms with van der Waals surface area (Å²) in [5, 5.41) is 29.5. The molecule has 0 bridgehead atoms. The van der Waals surface area contributed by atoms with Gasteiger partial charge in [-0.1, -0.05) is 30.7 Å². The number of hydrogen-bond donors (Lipinski definition) is 3. The van der Waals surface area contributed by atoms with Crippen LogP contribution in [0.1, 0.15) is 50.7 Å². The van der Waals surface area contributed by atoms with Gasteiger partial charge in [-0.25, -0.2) is 0 Å². The summed E-state index contributed by atoms with van der Waals surface area (Å²) in [4.78, 5) is 0. The van der Waals surface area contributed by atoms with E-state index in [1.807, 2.05) is 25.1 Å². The number of hydrogen-bond acceptors (Lipinski definition) is 5. The Kier molecular flexibility index (Phi) is 7.02. The molecule has 0 aromatic heterocycles. The Morgan fingerprint density at radius 3 is 2.68 bits per heavy atom. The number of rotatable bonds is 6. The highest BCUT2D eigenvalue weighted by molar-refractivity contribution is 5.39. The van der Waals surface area contributed by atoms with E-state index in [0.29, 0.717) is 5.75 Å². The maximum absolute atomic E-state index is 10.1. The van der Waals surface area contributed by atoms with E-state index in [0.717, 1.165) is 24.0 Å². The fraction of sp³-hybridized carbons (Fsp3) is 0.600. The summed E-state index contributed by atoms with van der Waals surface area (Å²) in [6, 6.07) is 5.99. The largest absolute Gasteiger partial charge is 0.462 e. The minimum Gasteiger partial charge on any atom is -0.462 e. The smallest absolute Gasteiger partial charge is 0.228 e. The lowest BCUT2D eigenvalue weighted by Crippen LogP contribution is -2.54. The molecule has 0 aliphatic carbocycles. The van der Waals surface area contributed by atoms with Crippen molar-refractivity contribution >= 4 is 0 Å². The van der Waals surface area contributed by atoms with Gasteiger partial charge in [-0.05, 0) is 56.7 Å². The molecule has 1 aliphatic rings. The SMILES string of the molecule is CC(C)=CCC[C@H](C)c1ccc(C)cc1OC1OCC(O)C(O)C1O. The number of aliphatic hydroxyl groups excluding tert-OH is 3. The summed E-state index contributed by atoms with van der Waals surface area (Å²) >= 11 is 0. The predicted molar refractivity (Wildman–Crippen MR) is 96.6 cm³/mol. The minimum atomic E-state index is -1.29. The van der Waals surface area contributed by atoms with Crippen molar-refractivity contribution in [2.24, 2.45) is 0 Å². The highest BCUT2D eigenvalue weighted by Gasteiger charge is 2.39. The summed E-state index contributed by atoms with van der Waals surface area (Å²) in [6.07, 6.45) is -0.472. The third-order valence-electron chi connectivity index (χ3n) is 4.55. The lowest BCUT2D eigenvalue weighted by molar-refractivity contribution is -0.242. The number of ether oxygens (including phenoxy) is 2. The van der Waals surface area contributed by atoms with Crippen molar-refractivity contribution in [1.29, 1.82) is 0 Å². The quantitative estimate of drug-likeness (QED) is 0.688. The van der Waals surface area contributed by atoms with Gasteiger partial charge in [0, 0.05) is 0 Å². The van der Waals surface area contributed by atoms with Gasteiger partial charge in [0.05, 0.1) is 6.61 Å². The Morgan fingerprint density at radius 2 is 2.00 bits per heavy atom. The minimum absolute atomic E-state index is 0.0693. The fourth-order valence-corrected chi connectivity index (χ4v) is 2.94. The van der Waals surface area contributed by atoms with Gasteiger partial charge in [-0.3, -0.25) is 0 Å². The Morgan fingerprint density at radius 1 is 1.28 bits per heavy atom. The van der Waals surface area contributed by atoms with Crippen LogP contribution in [0.5, 0.6) is 5.75 Å². The van der Waals surface area contributed by atoms with Crippen LogP contribution in [0, 0.1) is 6.92 Å². The lowest BCUT2D eigenvalue weighted by Gasteiger charge is -2.35. The van der Waals surface area contributed by atoms with E-state index in [-0.39, 0.29) is 12.5 Å². The van der Waals surface area contributed by atoms with Gasteiger partial charge in [0.15, 0.2) is 0 Å². The molecule has 2 rings (SSSR count). The van der Waals surface area contributed by atoms with Gasteiger partial charge in [-0.15, -0.1) is 0 Å². The maximum Gasteiger partial charge on any atom is 0.228 e. The molecule has 0 amide bonds. The highest BCUT2D eigenvalue weighted by atomic mass is 16.7. The molecule has 5 nitrogen and oxygen atoms in total. The predicted octanol–water partition coefficient (Wildman–Crippen LogP) is 2.66. The number of aliphatic hydroxyl groups is 3. The van der Waals surface area contributed by atoms with Crippen LogP contribution < -0.4 is 4.74 Å². The molecule has 5 heteroatoms. The lowest BCUT2D eigenvalue weighted by atomic mass is 9.94. The molecule has 1 aromatic carbocycles. The van der Waals surface area contributed by atoms with Gasteiger partial charge in [0.2, 0.25) is 6.29 Å². The second kappa shape index (κ2) is 8.81. The van der Waals surface area contributed by atoms with E-state index in [1.165, 1.54) is 5.57 Å². The number of allylic oxidation sites excluding steroid dienone is 2. The molecular formula is C20H30O5. The Balaban J connectivity index is 2.14.